The smallest absolute Gasteiger partial charge is 0.198 e. The van der Waals surface area contributed by atoms with E-state index < -0.39 is 0 Å². The molecule has 0 amide bonds. The van der Waals surface area contributed by atoms with Crippen LogP contribution in [0, 0.1) is 0 Å². The number of aromatic hydroxyl groups is 1. The van der Waals surface area contributed by atoms with Gasteiger partial charge in [-0.3, -0.25) is 5.10 Å². The summed E-state index contributed by atoms with van der Waals surface area (Å²) in [5, 5.41) is 18.6. The van der Waals surface area contributed by atoms with Crippen molar-refractivity contribution in [3.05, 3.63) is 126 Å². The van der Waals surface area contributed by atoms with Crippen LogP contribution in [-0.2, 0) is 13.2 Å². The molecule has 0 atom stereocenters. The Bertz CT molecular complexity index is 1660. The average Bonchev–Trinajstić information content (AvgIpc) is 3.58. The van der Waals surface area contributed by atoms with Crippen LogP contribution < -0.4 is 9.47 Å². The molecular weight excluding hydrogens is 488 g/mol. The number of aromatic nitrogens is 3. The second kappa shape index (κ2) is 11.0. The number of hydrogen-bond donors (Lipinski definition) is 3. The fourth-order valence-corrected chi connectivity index (χ4v) is 4.31. The monoisotopic (exact) mass is 514 g/mol. The first-order chi connectivity index (χ1) is 19.2. The van der Waals surface area contributed by atoms with Gasteiger partial charge in [-0.05, 0) is 29.3 Å². The van der Waals surface area contributed by atoms with E-state index in [1.807, 2.05) is 109 Å². The normalized spacial score (nSPS) is 11.3. The standard InChI is InChI=1S/C32H26N4O3/c37-32-28(27-13-7-8-14-29(27)34-32)19-33-31-18-30(35-36-31)24-15-25(38-20-22-9-3-1-4-10-22)17-26(16-24)39-21-23-11-5-2-6-12-23/h1-19,34,37H,20-21H2,(H,35,36). The second-order valence-electron chi connectivity index (χ2n) is 9.07. The van der Waals surface area contributed by atoms with Crippen molar-refractivity contribution < 1.29 is 14.6 Å². The average molecular weight is 515 g/mol. The molecule has 7 heteroatoms. The van der Waals surface area contributed by atoms with E-state index >= 15 is 0 Å². The van der Waals surface area contributed by atoms with Crippen LogP contribution >= 0.6 is 0 Å². The summed E-state index contributed by atoms with van der Waals surface area (Å²) < 4.78 is 12.3. The van der Waals surface area contributed by atoms with E-state index in [9.17, 15) is 5.11 Å². The summed E-state index contributed by atoms with van der Waals surface area (Å²) in [6.45, 7) is 0.879. The van der Waals surface area contributed by atoms with E-state index in [2.05, 4.69) is 20.2 Å². The number of aliphatic imine (C=N–C) groups is 1. The lowest BCUT2D eigenvalue weighted by Crippen LogP contribution is -1.98. The molecule has 0 saturated carbocycles. The van der Waals surface area contributed by atoms with Crippen LogP contribution in [0.3, 0.4) is 0 Å². The van der Waals surface area contributed by atoms with Crippen LogP contribution in [0.4, 0.5) is 5.82 Å². The quantitative estimate of drug-likeness (QED) is 0.178. The molecule has 0 saturated heterocycles. The predicted molar refractivity (Wildman–Crippen MR) is 153 cm³/mol. The summed E-state index contributed by atoms with van der Waals surface area (Å²) in [7, 11) is 0. The maximum atomic E-state index is 10.3. The van der Waals surface area contributed by atoms with E-state index in [1.165, 1.54) is 0 Å². The van der Waals surface area contributed by atoms with Gasteiger partial charge in [0.25, 0.3) is 0 Å². The van der Waals surface area contributed by atoms with Gasteiger partial charge in [-0.15, -0.1) is 0 Å². The SMILES string of the molecule is Oc1[nH]c2ccccc2c1C=Nc1cc(-c2cc(OCc3ccccc3)cc(OCc3ccccc3)c2)[nH]n1. The molecule has 0 spiro atoms. The van der Waals surface area contributed by atoms with Gasteiger partial charge in [0.05, 0.1) is 11.3 Å². The Morgan fingerprint density at radius 1 is 0.744 bits per heavy atom. The Hall–Kier alpha value is -5.30. The minimum Gasteiger partial charge on any atom is -0.494 e. The van der Waals surface area contributed by atoms with Crippen LogP contribution in [0.1, 0.15) is 16.7 Å². The van der Waals surface area contributed by atoms with E-state index in [0.29, 0.717) is 36.1 Å². The van der Waals surface area contributed by atoms with Gasteiger partial charge in [0, 0.05) is 34.8 Å². The number of para-hydroxylation sites is 1. The molecule has 39 heavy (non-hydrogen) atoms. The summed E-state index contributed by atoms with van der Waals surface area (Å²) in [5.74, 6) is 1.92. The van der Waals surface area contributed by atoms with Gasteiger partial charge in [0.1, 0.15) is 24.7 Å². The first-order valence-electron chi connectivity index (χ1n) is 12.6. The Balaban J connectivity index is 1.26. The van der Waals surface area contributed by atoms with Crippen LogP contribution in [0.2, 0.25) is 0 Å². The minimum atomic E-state index is 0.0687. The summed E-state index contributed by atoms with van der Waals surface area (Å²) >= 11 is 0. The fourth-order valence-electron chi connectivity index (χ4n) is 4.31. The van der Waals surface area contributed by atoms with Crippen LogP contribution in [-0.4, -0.2) is 26.5 Å². The van der Waals surface area contributed by atoms with Crippen molar-refractivity contribution in [2.45, 2.75) is 13.2 Å². The Labute approximate surface area is 225 Å². The molecule has 2 aromatic heterocycles. The number of rotatable bonds is 9. The number of aromatic amines is 2. The zero-order valence-electron chi connectivity index (χ0n) is 21.0. The van der Waals surface area contributed by atoms with E-state index in [4.69, 9.17) is 9.47 Å². The first kappa shape index (κ1) is 24.1. The number of fused-ring (bicyclic) bond motifs is 1. The highest BCUT2D eigenvalue weighted by atomic mass is 16.5. The van der Waals surface area contributed by atoms with Gasteiger partial charge in [-0.25, -0.2) is 4.99 Å². The molecule has 3 N–H and O–H groups in total. The van der Waals surface area contributed by atoms with Crippen molar-refractivity contribution in [3.8, 4) is 28.6 Å². The van der Waals surface area contributed by atoms with Gasteiger partial charge in [0.2, 0.25) is 0 Å². The molecule has 0 fully saturated rings. The molecule has 7 nitrogen and oxygen atoms in total. The molecular formula is C32H26N4O3. The van der Waals surface area contributed by atoms with Crippen molar-refractivity contribution >= 4 is 22.9 Å². The third-order valence-electron chi connectivity index (χ3n) is 6.30. The van der Waals surface area contributed by atoms with Crippen LogP contribution in [0.5, 0.6) is 17.4 Å². The van der Waals surface area contributed by atoms with Crippen molar-refractivity contribution in [3.63, 3.8) is 0 Å². The van der Waals surface area contributed by atoms with Gasteiger partial charge in [-0.2, -0.15) is 5.10 Å². The highest BCUT2D eigenvalue weighted by Gasteiger charge is 2.11. The van der Waals surface area contributed by atoms with Gasteiger partial charge < -0.3 is 19.6 Å². The highest BCUT2D eigenvalue weighted by molar-refractivity contribution is 6.02. The first-order valence-corrected chi connectivity index (χ1v) is 12.6. The topological polar surface area (TPSA) is 95.5 Å². The molecule has 2 heterocycles. The third-order valence-corrected chi connectivity index (χ3v) is 6.30. The molecule has 4 aromatic carbocycles. The molecule has 0 unspecified atom stereocenters. The van der Waals surface area contributed by atoms with E-state index in [0.717, 1.165) is 33.3 Å². The van der Waals surface area contributed by atoms with Crippen molar-refractivity contribution in [1.82, 2.24) is 15.2 Å². The second-order valence-corrected chi connectivity index (χ2v) is 9.07. The Morgan fingerprint density at radius 3 is 2.03 bits per heavy atom. The number of ether oxygens (including phenoxy) is 2. The molecule has 0 aliphatic rings. The zero-order chi connectivity index (χ0) is 26.4. The molecule has 0 bridgehead atoms. The lowest BCUT2D eigenvalue weighted by Gasteiger charge is -2.12. The maximum absolute atomic E-state index is 10.3. The lowest BCUT2D eigenvalue weighted by molar-refractivity contribution is 0.290. The minimum absolute atomic E-state index is 0.0687. The van der Waals surface area contributed by atoms with E-state index in [1.54, 1.807) is 6.21 Å². The number of nitrogens with zero attached hydrogens (tertiary/aromatic N) is 2. The van der Waals surface area contributed by atoms with Crippen molar-refractivity contribution in [2.75, 3.05) is 0 Å². The van der Waals surface area contributed by atoms with Crippen molar-refractivity contribution in [1.29, 1.82) is 0 Å². The summed E-state index contributed by atoms with van der Waals surface area (Å²) in [6, 6.07) is 35.4. The maximum Gasteiger partial charge on any atom is 0.198 e. The fraction of sp³-hybridized carbons (Fsp3) is 0.0625. The van der Waals surface area contributed by atoms with Crippen molar-refractivity contribution in [2.24, 2.45) is 4.99 Å². The van der Waals surface area contributed by atoms with Crippen LogP contribution in [0.25, 0.3) is 22.2 Å². The summed E-state index contributed by atoms with van der Waals surface area (Å²) in [4.78, 5) is 7.46. The predicted octanol–water partition coefficient (Wildman–Crippen LogP) is 7.17. The van der Waals surface area contributed by atoms with Crippen LogP contribution in [0.15, 0.2) is 114 Å². The van der Waals surface area contributed by atoms with Gasteiger partial charge in [-0.1, -0.05) is 78.9 Å². The van der Waals surface area contributed by atoms with Gasteiger partial charge >= 0.3 is 0 Å². The molecule has 6 aromatic rings. The molecule has 0 radical (unpaired) electrons. The lowest BCUT2D eigenvalue weighted by atomic mass is 10.1. The Morgan fingerprint density at radius 2 is 1.36 bits per heavy atom. The number of nitrogens with one attached hydrogen (secondary N) is 2. The zero-order valence-corrected chi connectivity index (χ0v) is 21.0. The summed E-state index contributed by atoms with van der Waals surface area (Å²) in [5.41, 5.74) is 5.23. The number of hydrogen-bond acceptors (Lipinski definition) is 5. The number of benzene rings is 4. The molecule has 6 rings (SSSR count). The molecule has 192 valence electrons. The highest BCUT2D eigenvalue weighted by Crippen LogP contribution is 2.32. The summed E-state index contributed by atoms with van der Waals surface area (Å²) in [6.07, 6.45) is 1.61. The number of H-pyrrole nitrogens is 2. The molecule has 0 aliphatic carbocycles. The third kappa shape index (κ3) is 5.67. The van der Waals surface area contributed by atoms with Gasteiger partial charge in [0.15, 0.2) is 11.7 Å². The van der Waals surface area contributed by atoms with E-state index in [-0.39, 0.29) is 5.88 Å². The largest absolute Gasteiger partial charge is 0.494 e. The molecule has 0 aliphatic heterocycles. The Kier molecular flexibility index (Phi) is 6.78.